The first-order chi connectivity index (χ1) is 9.38. The van der Waals surface area contributed by atoms with Gasteiger partial charge in [0, 0.05) is 6.54 Å². The Kier molecular flexibility index (Phi) is 4.18. The first kappa shape index (κ1) is 14.7. The molecule has 1 aromatic carbocycles. The summed E-state index contributed by atoms with van der Waals surface area (Å²) in [5, 5.41) is 2.85. The molecule has 1 atom stereocenters. The van der Waals surface area contributed by atoms with Crippen LogP contribution in [0.2, 0.25) is 0 Å². The lowest BCUT2D eigenvalue weighted by molar-refractivity contribution is -0.124. The molecule has 1 aliphatic rings. The summed E-state index contributed by atoms with van der Waals surface area (Å²) in [5.41, 5.74) is 6.62. The highest BCUT2D eigenvalue weighted by Gasteiger charge is 2.27. The van der Waals surface area contributed by atoms with Gasteiger partial charge in [0.25, 0.3) is 0 Å². The third kappa shape index (κ3) is 3.42. The molecule has 0 radical (unpaired) electrons. The van der Waals surface area contributed by atoms with Gasteiger partial charge in [0.1, 0.15) is 13.2 Å². The van der Waals surface area contributed by atoms with Crippen LogP contribution in [0.15, 0.2) is 18.2 Å². The number of nitrogens with two attached hydrogens (primary N) is 1. The Morgan fingerprint density at radius 3 is 2.60 bits per heavy atom. The Labute approximate surface area is 119 Å². The lowest BCUT2D eigenvalue weighted by Crippen LogP contribution is -2.48. The maximum Gasteiger partial charge on any atom is 0.237 e. The number of benzene rings is 1. The van der Waals surface area contributed by atoms with Crippen molar-refractivity contribution in [2.75, 3.05) is 13.2 Å². The molecule has 20 heavy (non-hydrogen) atoms. The number of fused-ring (bicyclic) bond motifs is 1. The highest BCUT2D eigenvalue weighted by atomic mass is 16.6. The van der Waals surface area contributed by atoms with Crippen molar-refractivity contribution in [2.24, 2.45) is 11.1 Å². The van der Waals surface area contributed by atoms with E-state index < -0.39 is 6.04 Å². The van der Waals surface area contributed by atoms with Crippen molar-refractivity contribution in [3.05, 3.63) is 23.8 Å². The summed E-state index contributed by atoms with van der Waals surface area (Å²) in [6.45, 7) is 7.39. The van der Waals surface area contributed by atoms with E-state index in [1.807, 2.05) is 39.0 Å². The molecule has 1 aliphatic heterocycles. The summed E-state index contributed by atoms with van der Waals surface area (Å²) in [7, 11) is 0. The first-order valence-electron chi connectivity index (χ1n) is 6.80. The van der Waals surface area contributed by atoms with Gasteiger partial charge in [0.05, 0.1) is 6.04 Å². The number of hydrogen-bond acceptors (Lipinski definition) is 4. The zero-order chi connectivity index (χ0) is 14.8. The highest BCUT2D eigenvalue weighted by Crippen LogP contribution is 2.30. The van der Waals surface area contributed by atoms with Gasteiger partial charge in [-0.05, 0) is 23.1 Å². The average molecular weight is 278 g/mol. The van der Waals surface area contributed by atoms with Crippen molar-refractivity contribution >= 4 is 5.91 Å². The number of carbonyl (C=O) groups is 1. The van der Waals surface area contributed by atoms with Crippen LogP contribution in [0.25, 0.3) is 0 Å². The van der Waals surface area contributed by atoms with E-state index in [0.29, 0.717) is 19.8 Å². The second-order valence-corrected chi connectivity index (χ2v) is 6.04. The predicted molar refractivity (Wildman–Crippen MR) is 76.7 cm³/mol. The smallest absolute Gasteiger partial charge is 0.237 e. The fourth-order valence-corrected chi connectivity index (χ4v) is 1.89. The van der Waals surface area contributed by atoms with Crippen LogP contribution in [0.4, 0.5) is 0 Å². The Morgan fingerprint density at radius 1 is 1.30 bits per heavy atom. The SMILES string of the molecule is CC(C)(C)C(N)C(=O)NCc1ccc2c(c1)OCCO2. The van der Waals surface area contributed by atoms with Crippen molar-refractivity contribution in [1.29, 1.82) is 0 Å². The number of carbonyl (C=O) groups excluding carboxylic acids is 1. The third-order valence-corrected chi connectivity index (χ3v) is 3.29. The quantitative estimate of drug-likeness (QED) is 0.877. The molecule has 3 N–H and O–H groups in total. The molecule has 5 heteroatoms. The van der Waals surface area contributed by atoms with Crippen LogP contribution in [-0.4, -0.2) is 25.2 Å². The van der Waals surface area contributed by atoms with Crippen LogP contribution in [0.5, 0.6) is 11.5 Å². The molecule has 0 saturated heterocycles. The van der Waals surface area contributed by atoms with Gasteiger partial charge in [-0.3, -0.25) is 4.79 Å². The summed E-state index contributed by atoms with van der Waals surface area (Å²) in [6.07, 6.45) is 0. The fourth-order valence-electron chi connectivity index (χ4n) is 1.89. The molecule has 1 aromatic rings. The van der Waals surface area contributed by atoms with Gasteiger partial charge in [-0.25, -0.2) is 0 Å². The summed E-state index contributed by atoms with van der Waals surface area (Å²) in [4.78, 5) is 12.0. The molecule has 2 rings (SSSR count). The zero-order valence-corrected chi connectivity index (χ0v) is 12.2. The minimum atomic E-state index is -0.528. The molecule has 0 aliphatic carbocycles. The van der Waals surface area contributed by atoms with Crippen molar-refractivity contribution < 1.29 is 14.3 Å². The molecule has 5 nitrogen and oxygen atoms in total. The number of nitrogens with one attached hydrogen (secondary N) is 1. The second kappa shape index (κ2) is 5.71. The molecular formula is C15H22N2O3. The minimum absolute atomic E-state index is 0.146. The molecule has 0 spiro atoms. The Morgan fingerprint density at radius 2 is 1.95 bits per heavy atom. The van der Waals surface area contributed by atoms with Crippen LogP contribution in [-0.2, 0) is 11.3 Å². The maximum atomic E-state index is 12.0. The van der Waals surface area contributed by atoms with E-state index in [9.17, 15) is 4.79 Å². The average Bonchev–Trinajstić information content (AvgIpc) is 2.42. The standard InChI is InChI=1S/C15H22N2O3/c1-15(2,3)13(16)14(18)17-9-10-4-5-11-12(8-10)20-7-6-19-11/h4-5,8,13H,6-7,9,16H2,1-3H3,(H,17,18). The molecule has 0 fully saturated rings. The largest absolute Gasteiger partial charge is 0.486 e. The van der Waals surface area contributed by atoms with E-state index in [2.05, 4.69) is 5.32 Å². The predicted octanol–water partition coefficient (Wildman–Crippen LogP) is 1.45. The van der Waals surface area contributed by atoms with Crippen molar-refractivity contribution in [2.45, 2.75) is 33.4 Å². The Balaban J connectivity index is 1.96. The van der Waals surface area contributed by atoms with E-state index in [1.165, 1.54) is 0 Å². The minimum Gasteiger partial charge on any atom is -0.486 e. The normalized spacial score (nSPS) is 15.6. The van der Waals surface area contributed by atoms with Gasteiger partial charge in [-0.2, -0.15) is 0 Å². The summed E-state index contributed by atoms with van der Waals surface area (Å²) >= 11 is 0. The van der Waals surface area contributed by atoms with Crippen molar-refractivity contribution in [3.8, 4) is 11.5 Å². The summed E-state index contributed by atoms with van der Waals surface area (Å²) < 4.78 is 11.0. The van der Waals surface area contributed by atoms with Crippen LogP contribution >= 0.6 is 0 Å². The van der Waals surface area contributed by atoms with Crippen molar-refractivity contribution in [1.82, 2.24) is 5.32 Å². The van der Waals surface area contributed by atoms with Gasteiger partial charge in [0.2, 0.25) is 5.91 Å². The molecule has 1 heterocycles. The van der Waals surface area contributed by atoms with Gasteiger partial charge in [-0.1, -0.05) is 26.8 Å². The van der Waals surface area contributed by atoms with Crippen LogP contribution in [0.3, 0.4) is 0 Å². The van der Waals surface area contributed by atoms with E-state index in [1.54, 1.807) is 0 Å². The van der Waals surface area contributed by atoms with Crippen LogP contribution in [0.1, 0.15) is 26.3 Å². The molecular weight excluding hydrogens is 256 g/mol. The zero-order valence-electron chi connectivity index (χ0n) is 12.2. The summed E-state index contributed by atoms with van der Waals surface area (Å²) in [6, 6.07) is 5.13. The Bertz CT molecular complexity index is 494. The Hall–Kier alpha value is -1.75. The van der Waals surface area contributed by atoms with Gasteiger partial charge < -0.3 is 20.5 Å². The molecule has 110 valence electrons. The second-order valence-electron chi connectivity index (χ2n) is 6.04. The van der Waals surface area contributed by atoms with E-state index in [-0.39, 0.29) is 11.3 Å². The van der Waals surface area contributed by atoms with Crippen LogP contribution < -0.4 is 20.5 Å². The van der Waals surface area contributed by atoms with E-state index in [0.717, 1.165) is 17.1 Å². The van der Waals surface area contributed by atoms with Crippen molar-refractivity contribution in [3.63, 3.8) is 0 Å². The molecule has 1 unspecified atom stereocenters. The lowest BCUT2D eigenvalue weighted by Gasteiger charge is -2.26. The first-order valence-corrected chi connectivity index (χ1v) is 6.80. The monoisotopic (exact) mass is 278 g/mol. The number of rotatable bonds is 3. The molecule has 1 amide bonds. The number of ether oxygens (including phenoxy) is 2. The van der Waals surface area contributed by atoms with Gasteiger partial charge in [-0.15, -0.1) is 0 Å². The third-order valence-electron chi connectivity index (χ3n) is 3.29. The topological polar surface area (TPSA) is 73.6 Å². The van der Waals surface area contributed by atoms with E-state index in [4.69, 9.17) is 15.2 Å². The molecule has 0 saturated carbocycles. The van der Waals surface area contributed by atoms with Crippen LogP contribution in [0, 0.1) is 5.41 Å². The maximum absolute atomic E-state index is 12.0. The molecule has 0 aromatic heterocycles. The lowest BCUT2D eigenvalue weighted by atomic mass is 9.87. The number of hydrogen-bond donors (Lipinski definition) is 2. The highest BCUT2D eigenvalue weighted by molar-refractivity contribution is 5.82. The number of amides is 1. The van der Waals surface area contributed by atoms with Gasteiger partial charge in [0.15, 0.2) is 11.5 Å². The van der Waals surface area contributed by atoms with Gasteiger partial charge >= 0.3 is 0 Å². The molecule has 0 bridgehead atoms. The van der Waals surface area contributed by atoms with E-state index >= 15 is 0 Å². The summed E-state index contributed by atoms with van der Waals surface area (Å²) in [5.74, 6) is 1.33. The fraction of sp³-hybridized carbons (Fsp3) is 0.533.